The standard InChI is InChI=1S/C11H11NOS/c1-3-6-13-9-4-5-11-10(7-9)12-8(2)14-11/h3-5,7H,1,6H2,2H3. The van der Waals surface area contributed by atoms with E-state index in [1.807, 2.05) is 25.1 Å². The largest absolute Gasteiger partial charge is 0.489 e. The van der Waals surface area contributed by atoms with Gasteiger partial charge in [0.2, 0.25) is 0 Å². The van der Waals surface area contributed by atoms with Gasteiger partial charge in [0.15, 0.2) is 0 Å². The lowest BCUT2D eigenvalue weighted by Gasteiger charge is -2.01. The average Bonchev–Trinajstić information content (AvgIpc) is 2.54. The summed E-state index contributed by atoms with van der Waals surface area (Å²) < 4.78 is 6.62. The van der Waals surface area contributed by atoms with Crippen LogP contribution in [0.4, 0.5) is 0 Å². The number of hydrogen-bond acceptors (Lipinski definition) is 3. The molecule has 14 heavy (non-hydrogen) atoms. The van der Waals surface area contributed by atoms with Gasteiger partial charge in [-0.1, -0.05) is 12.7 Å². The third kappa shape index (κ3) is 1.77. The van der Waals surface area contributed by atoms with Crippen molar-refractivity contribution >= 4 is 21.6 Å². The van der Waals surface area contributed by atoms with Gasteiger partial charge in [0.25, 0.3) is 0 Å². The highest BCUT2D eigenvalue weighted by molar-refractivity contribution is 7.18. The number of nitrogens with zero attached hydrogens (tertiary/aromatic N) is 1. The molecule has 72 valence electrons. The van der Waals surface area contributed by atoms with Crippen molar-refractivity contribution in [3.8, 4) is 5.75 Å². The molecule has 0 aliphatic carbocycles. The number of fused-ring (bicyclic) bond motifs is 1. The number of benzene rings is 1. The molecule has 2 rings (SSSR count). The molecular formula is C11H11NOS. The van der Waals surface area contributed by atoms with Gasteiger partial charge in [0.1, 0.15) is 12.4 Å². The lowest BCUT2D eigenvalue weighted by molar-refractivity contribution is 0.364. The van der Waals surface area contributed by atoms with Crippen LogP contribution in [0.1, 0.15) is 5.01 Å². The van der Waals surface area contributed by atoms with Gasteiger partial charge in [0, 0.05) is 6.07 Å². The Morgan fingerprint density at radius 2 is 2.43 bits per heavy atom. The fourth-order valence-corrected chi connectivity index (χ4v) is 2.07. The minimum atomic E-state index is 0.536. The molecule has 0 unspecified atom stereocenters. The summed E-state index contributed by atoms with van der Waals surface area (Å²) in [5, 5.41) is 1.08. The van der Waals surface area contributed by atoms with Crippen molar-refractivity contribution in [3.05, 3.63) is 35.9 Å². The molecule has 0 spiro atoms. The predicted octanol–water partition coefficient (Wildman–Crippen LogP) is 3.17. The van der Waals surface area contributed by atoms with Crippen LogP contribution in [0.15, 0.2) is 30.9 Å². The second-order valence-corrected chi connectivity index (χ2v) is 4.20. The van der Waals surface area contributed by atoms with Gasteiger partial charge < -0.3 is 4.74 Å². The molecule has 1 aromatic carbocycles. The molecule has 0 bridgehead atoms. The van der Waals surface area contributed by atoms with Crippen molar-refractivity contribution in [2.75, 3.05) is 6.61 Å². The Kier molecular flexibility index (Phi) is 2.50. The fraction of sp³-hybridized carbons (Fsp3) is 0.182. The number of aryl methyl sites for hydroxylation is 1. The molecule has 0 aliphatic rings. The molecule has 1 aromatic heterocycles. The summed E-state index contributed by atoms with van der Waals surface area (Å²) in [4.78, 5) is 4.39. The van der Waals surface area contributed by atoms with Crippen molar-refractivity contribution in [2.45, 2.75) is 6.92 Å². The van der Waals surface area contributed by atoms with E-state index in [4.69, 9.17) is 4.74 Å². The van der Waals surface area contributed by atoms with Crippen molar-refractivity contribution in [3.63, 3.8) is 0 Å². The van der Waals surface area contributed by atoms with E-state index in [1.165, 1.54) is 4.70 Å². The molecule has 0 N–H and O–H groups in total. The molecule has 2 nitrogen and oxygen atoms in total. The van der Waals surface area contributed by atoms with E-state index in [2.05, 4.69) is 11.6 Å². The normalized spacial score (nSPS) is 10.4. The topological polar surface area (TPSA) is 22.1 Å². The maximum atomic E-state index is 5.42. The SMILES string of the molecule is C=CCOc1ccc2sc(C)nc2c1. The van der Waals surface area contributed by atoms with Crippen LogP contribution in [0.2, 0.25) is 0 Å². The van der Waals surface area contributed by atoms with E-state index >= 15 is 0 Å². The maximum Gasteiger partial charge on any atom is 0.122 e. The van der Waals surface area contributed by atoms with Crippen molar-refractivity contribution < 1.29 is 4.74 Å². The summed E-state index contributed by atoms with van der Waals surface area (Å²) in [5.41, 5.74) is 1.01. The van der Waals surface area contributed by atoms with Crippen LogP contribution in [-0.4, -0.2) is 11.6 Å². The van der Waals surface area contributed by atoms with Crippen LogP contribution in [0.3, 0.4) is 0 Å². The van der Waals surface area contributed by atoms with Gasteiger partial charge in [-0.2, -0.15) is 0 Å². The lowest BCUT2D eigenvalue weighted by atomic mass is 10.3. The zero-order chi connectivity index (χ0) is 9.97. The average molecular weight is 205 g/mol. The molecule has 0 aliphatic heterocycles. The van der Waals surface area contributed by atoms with Crippen LogP contribution in [0.5, 0.6) is 5.75 Å². The van der Waals surface area contributed by atoms with Gasteiger partial charge in [0.05, 0.1) is 15.2 Å². The first kappa shape index (κ1) is 9.21. The Labute approximate surface area is 86.9 Å². The smallest absolute Gasteiger partial charge is 0.122 e. The van der Waals surface area contributed by atoms with E-state index in [0.717, 1.165) is 16.3 Å². The Balaban J connectivity index is 2.35. The molecule has 3 heteroatoms. The van der Waals surface area contributed by atoms with E-state index < -0.39 is 0 Å². The Bertz CT molecular complexity index is 461. The lowest BCUT2D eigenvalue weighted by Crippen LogP contribution is -1.91. The van der Waals surface area contributed by atoms with E-state index in [0.29, 0.717) is 6.61 Å². The van der Waals surface area contributed by atoms with Crippen molar-refractivity contribution in [1.29, 1.82) is 0 Å². The zero-order valence-electron chi connectivity index (χ0n) is 7.99. The number of hydrogen-bond donors (Lipinski definition) is 0. The first-order chi connectivity index (χ1) is 6.79. The first-order valence-corrected chi connectivity index (χ1v) is 5.22. The third-order valence-electron chi connectivity index (χ3n) is 1.83. The number of thiazole rings is 1. The molecule has 2 aromatic rings. The molecule has 0 saturated carbocycles. The van der Waals surface area contributed by atoms with Gasteiger partial charge in [-0.25, -0.2) is 4.98 Å². The molecule has 1 heterocycles. The summed E-state index contributed by atoms with van der Waals surface area (Å²) in [6, 6.07) is 5.96. The minimum Gasteiger partial charge on any atom is -0.489 e. The highest BCUT2D eigenvalue weighted by Crippen LogP contribution is 2.25. The van der Waals surface area contributed by atoms with Crippen molar-refractivity contribution in [2.24, 2.45) is 0 Å². The number of ether oxygens (including phenoxy) is 1. The van der Waals surface area contributed by atoms with E-state index in [9.17, 15) is 0 Å². The van der Waals surface area contributed by atoms with Gasteiger partial charge in [-0.15, -0.1) is 11.3 Å². The van der Waals surface area contributed by atoms with Crippen LogP contribution < -0.4 is 4.74 Å². The summed E-state index contributed by atoms with van der Waals surface area (Å²) >= 11 is 1.70. The second-order valence-electron chi connectivity index (χ2n) is 2.96. The van der Waals surface area contributed by atoms with Gasteiger partial charge in [-0.3, -0.25) is 0 Å². The van der Waals surface area contributed by atoms with Crippen LogP contribution in [-0.2, 0) is 0 Å². The minimum absolute atomic E-state index is 0.536. The van der Waals surface area contributed by atoms with Gasteiger partial charge >= 0.3 is 0 Å². The molecule has 0 atom stereocenters. The third-order valence-corrected chi connectivity index (χ3v) is 2.79. The van der Waals surface area contributed by atoms with E-state index in [-0.39, 0.29) is 0 Å². The summed E-state index contributed by atoms with van der Waals surface area (Å²) in [7, 11) is 0. The van der Waals surface area contributed by atoms with Crippen LogP contribution in [0, 0.1) is 6.92 Å². The van der Waals surface area contributed by atoms with Gasteiger partial charge in [-0.05, 0) is 19.1 Å². The predicted molar refractivity (Wildman–Crippen MR) is 60.0 cm³/mol. The van der Waals surface area contributed by atoms with E-state index in [1.54, 1.807) is 17.4 Å². The summed E-state index contributed by atoms with van der Waals surface area (Å²) in [6.45, 7) is 6.15. The highest BCUT2D eigenvalue weighted by atomic mass is 32.1. The molecule has 0 fully saturated rings. The molecule has 0 radical (unpaired) electrons. The zero-order valence-corrected chi connectivity index (χ0v) is 8.80. The van der Waals surface area contributed by atoms with Crippen molar-refractivity contribution in [1.82, 2.24) is 4.98 Å². The Morgan fingerprint density at radius 1 is 1.57 bits per heavy atom. The molecular weight excluding hydrogens is 194 g/mol. The quantitative estimate of drug-likeness (QED) is 0.718. The summed E-state index contributed by atoms with van der Waals surface area (Å²) in [5.74, 6) is 0.850. The Hall–Kier alpha value is -1.35. The monoisotopic (exact) mass is 205 g/mol. The molecule has 0 amide bonds. The molecule has 0 saturated heterocycles. The van der Waals surface area contributed by atoms with Crippen LogP contribution >= 0.6 is 11.3 Å². The second kappa shape index (κ2) is 3.80. The highest BCUT2D eigenvalue weighted by Gasteiger charge is 2.01. The maximum absolute atomic E-state index is 5.42. The Morgan fingerprint density at radius 3 is 3.21 bits per heavy atom. The number of aromatic nitrogens is 1. The fourth-order valence-electron chi connectivity index (χ4n) is 1.27. The first-order valence-electron chi connectivity index (χ1n) is 4.40. The number of rotatable bonds is 3. The summed E-state index contributed by atoms with van der Waals surface area (Å²) in [6.07, 6.45) is 1.73. The van der Waals surface area contributed by atoms with Crippen LogP contribution in [0.25, 0.3) is 10.2 Å².